The second kappa shape index (κ2) is 30.6. The van der Waals surface area contributed by atoms with Gasteiger partial charge in [-0.3, -0.25) is 9.97 Å². The molecule has 9 nitrogen and oxygen atoms in total. The number of hydrogen-bond acceptors (Lipinski definition) is 9. The Morgan fingerprint density at radius 2 is 0.857 bits per heavy atom. The zero-order valence-corrected chi connectivity index (χ0v) is 38.8. The van der Waals surface area contributed by atoms with Crippen LogP contribution in [0.5, 0.6) is 34.5 Å². The Kier molecular flexibility index (Phi) is 29.2. The van der Waals surface area contributed by atoms with Crippen molar-refractivity contribution in [3.8, 4) is 45.9 Å². The van der Waals surface area contributed by atoms with Crippen LogP contribution in [0.15, 0.2) is 152 Å². The normalized spacial score (nSPS) is 9.64. The van der Waals surface area contributed by atoms with Crippen LogP contribution in [0.3, 0.4) is 0 Å². The fourth-order valence-corrected chi connectivity index (χ4v) is 6.45. The summed E-state index contributed by atoms with van der Waals surface area (Å²) in [5.41, 5.74) is 2.67. The SMILES string of the molecule is COc1ccccc1O[P-]N(c1ccccc1)P(Oc1ccccc1OC)Oc1ccccc1OC.ClC(Cl)Cl.[Br-].[Br-].[Cu+2].[Cu+].c1ccc(-c2ccccn2)nc1. The molecule has 2 aromatic heterocycles. The van der Waals surface area contributed by atoms with E-state index in [1.165, 1.54) is 0 Å². The molecule has 0 saturated heterocycles. The van der Waals surface area contributed by atoms with Crippen LogP contribution in [-0.2, 0) is 34.1 Å². The van der Waals surface area contributed by atoms with Gasteiger partial charge in [0.05, 0.1) is 32.7 Å². The van der Waals surface area contributed by atoms with E-state index in [9.17, 15) is 0 Å². The number of ether oxygens (including phenoxy) is 3. The van der Waals surface area contributed by atoms with Crippen molar-refractivity contribution in [3.05, 3.63) is 152 Å². The number of pyridine rings is 2. The monoisotopic (exact) mass is 1080 g/mol. The summed E-state index contributed by atoms with van der Waals surface area (Å²) in [7, 11) is 3.44. The molecule has 18 heteroatoms. The molecule has 0 unspecified atom stereocenters. The molecular formula is C38H35Br2Cl3Cu2N3O6P2. The molecule has 0 aliphatic heterocycles. The summed E-state index contributed by atoms with van der Waals surface area (Å²) >= 11 is 14.4. The number of rotatable bonds is 13. The van der Waals surface area contributed by atoms with E-state index in [1.54, 1.807) is 33.7 Å². The van der Waals surface area contributed by atoms with Gasteiger partial charge in [0.15, 0.2) is 33.0 Å². The Bertz CT molecular complexity index is 1820. The van der Waals surface area contributed by atoms with E-state index >= 15 is 0 Å². The fraction of sp³-hybridized carbons (Fsp3) is 0.105. The van der Waals surface area contributed by atoms with E-state index in [0.29, 0.717) is 43.5 Å². The first-order valence-corrected chi connectivity index (χ1v) is 18.7. The van der Waals surface area contributed by atoms with Crippen LogP contribution >= 0.6 is 52.3 Å². The van der Waals surface area contributed by atoms with Gasteiger partial charge < -0.3 is 66.2 Å². The molecule has 0 aliphatic carbocycles. The van der Waals surface area contributed by atoms with Gasteiger partial charge in [-0.2, -0.15) is 8.96 Å². The van der Waals surface area contributed by atoms with E-state index < -0.39 is 12.8 Å². The fourth-order valence-electron chi connectivity index (χ4n) is 4.19. The van der Waals surface area contributed by atoms with Crippen LogP contribution in [0.25, 0.3) is 11.4 Å². The van der Waals surface area contributed by atoms with Gasteiger partial charge in [-0.1, -0.05) is 102 Å². The number of para-hydroxylation sites is 7. The summed E-state index contributed by atoms with van der Waals surface area (Å²) in [4.78, 5) is 8.37. The molecule has 56 heavy (non-hydrogen) atoms. The summed E-state index contributed by atoms with van der Waals surface area (Å²) in [5, 5.41) is 0. The van der Waals surface area contributed by atoms with Gasteiger partial charge in [-0.15, -0.1) is 0 Å². The molecule has 0 spiro atoms. The number of benzene rings is 4. The topological polar surface area (TPSA) is 84.4 Å². The Morgan fingerprint density at radius 3 is 1.23 bits per heavy atom. The van der Waals surface area contributed by atoms with E-state index in [4.69, 9.17) is 62.6 Å². The predicted octanol–water partition coefficient (Wildman–Crippen LogP) is 5.89. The van der Waals surface area contributed by atoms with Crippen molar-refractivity contribution in [2.75, 3.05) is 25.8 Å². The Balaban J connectivity index is 0.00000127. The minimum atomic E-state index is -1.81. The number of nitrogens with zero attached hydrogens (tertiary/aromatic N) is 3. The first-order valence-electron chi connectivity index (χ1n) is 15.5. The molecule has 0 amide bonds. The first kappa shape index (κ1) is 53.5. The maximum absolute atomic E-state index is 6.47. The van der Waals surface area contributed by atoms with Gasteiger partial charge in [0.2, 0.25) is 0 Å². The van der Waals surface area contributed by atoms with Crippen molar-refractivity contribution in [2.24, 2.45) is 0 Å². The average molecular weight is 1080 g/mol. The summed E-state index contributed by atoms with van der Waals surface area (Å²) in [6.45, 7) is 0. The van der Waals surface area contributed by atoms with E-state index in [2.05, 4.69) is 9.97 Å². The molecule has 6 rings (SSSR count). The van der Waals surface area contributed by atoms with Crippen molar-refractivity contribution in [2.45, 2.75) is 4.30 Å². The van der Waals surface area contributed by atoms with Gasteiger partial charge >= 0.3 is 42.7 Å². The van der Waals surface area contributed by atoms with Crippen LogP contribution in [0.4, 0.5) is 5.69 Å². The van der Waals surface area contributed by atoms with Crippen molar-refractivity contribution in [3.63, 3.8) is 0 Å². The van der Waals surface area contributed by atoms with Crippen LogP contribution < -0.4 is 66.2 Å². The van der Waals surface area contributed by atoms with E-state index in [1.807, 2.05) is 144 Å². The molecule has 6 aromatic rings. The quantitative estimate of drug-likeness (QED) is 0.0800. The summed E-state index contributed by atoms with van der Waals surface area (Å²) in [6.07, 6.45) is 3.54. The number of halogens is 5. The van der Waals surface area contributed by atoms with Crippen molar-refractivity contribution in [1.82, 2.24) is 9.97 Å². The average Bonchev–Trinajstić information content (AvgIpc) is 3.19. The molecule has 305 valence electrons. The molecule has 0 bridgehead atoms. The van der Waals surface area contributed by atoms with Crippen LogP contribution in [0, 0.1) is 0 Å². The smallest absolute Gasteiger partial charge is 1.00 e. The van der Waals surface area contributed by atoms with Crippen molar-refractivity contribution in [1.29, 1.82) is 0 Å². The summed E-state index contributed by atoms with van der Waals surface area (Å²) in [5.74, 6) is 3.46. The molecule has 0 saturated carbocycles. The first-order chi connectivity index (χ1) is 25.4. The van der Waals surface area contributed by atoms with Crippen LogP contribution in [0.2, 0.25) is 0 Å². The van der Waals surface area contributed by atoms with E-state index in [0.717, 1.165) is 17.1 Å². The second-order valence-electron chi connectivity index (χ2n) is 9.85. The van der Waals surface area contributed by atoms with Gasteiger partial charge in [-0.25, -0.2) is 0 Å². The molecule has 0 atom stereocenters. The zero-order valence-electron chi connectivity index (χ0n) is 29.7. The van der Waals surface area contributed by atoms with Gasteiger partial charge in [0.25, 0.3) is 0 Å². The van der Waals surface area contributed by atoms with Crippen LogP contribution in [-0.4, -0.2) is 35.6 Å². The minimum Gasteiger partial charge on any atom is -1.00 e. The predicted molar refractivity (Wildman–Crippen MR) is 212 cm³/mol. The number of anilines is 1. The van der Waals surface area contributed by atoms with Crippen molar-refractivity contribution >= 4 is 58.0 Å². The third-order valence-electron chi connectivity index (χ3n) is 6.51. The molecule has 0 N–H and O–H groups in total. The largest absolute Gasteiger partial charge is 2.00 e. The van der Waals surface area contributed by atoms with Gasteiger partial charge in [-0.05, 0) is 72.8 Å². The minimum absolute atomic E-state index is 0. The van der Waals surface area contributed by atoms with Gasteiger partial charge in [0, 0.05) is 18.1 Å². The van der Waals surface area contributed by atoms with E-state index in [-0.39, 0.29) is 68.1 Å². The van der Waals surface area contributed by atoms with Crippen molar-refractivity contribution < 1.29 is 95.9 Å². The standard InChI is InChI=1S/C27H26NO6P2.C10H8N2.CHCl3.2BrH.2Cu/c1-29-22-15-7-10-18-25(22)32-35-28(21-13-5-4-6-14-21)36(33-26-19-11-8-16-23(26)30-2)34-27-20-12-9-17-24(27)31-3;1-3-7-11-9(5-1)10-6-2-4-8-12-10;2-1(3)4;;;;/h4-20H,1-3H3;1-8H;1H;2*1H;;/q-1;;;;;+1;+2/p-2. The zero-order chi connectivity index (χ0) is 37.0. The molecule has 4 aromatic carbocycles. The second-order valence-corrected chi connectivity index (χ2v) is 14.1. The summed E-state index contributed by atoms with van der Waals surface area (Å²) in [6, 6.07) is 43.7. The Labute approximate surface area is 388 Å². The third-order valence-corrected chi connectivity index (χ3v) is 9.08. The molecule has 1 radical (unpaired) electrons. The number of alkyl halides is 3. The molecule has 0 fully saturated rings. The maximum Gasteiger partial charge on any atom is 2.00 e. The Hall–Kier alpha value is -2.49. The third kappa shape index (κ3) is 18.0. The molecule has 2 heterocycles. The number of methoxy groups -OCH3 is 3. The molecule has 0 aliphatic rings. The Morgan fingerprint density at radius 1 is 0.518 bits per heavy atom. The molecular weight excluding hydrogens is 1050 g/mol. The van der Waals surface area contributed by atoms with Crippen LogP contribution in [0.1, 0.15) is 0 Å². The summed E-state index contributed by atoms with van der Waals surface area (Å²) < 4.78 is 36.8. The number of aromatic nitrogens is 2. The van der Waals surface area contributed by atoms with Gasteiger partial charge in [0.1, 0.15) is 5.75 Å². The number of hydrogen-bond donors (Lipinski definition) is 0. The maximum atomic E-state index is 6.47.